The van der Waals surface area contributed by atoms with Gasteiger partial charge in [0.25, 0.3) is 5.82 Å². The lowest BCUT2D eigenvalue weighted by Crippen LogP contribution is -2.51. The lowest BCUT2D eigenvalue weighted by atomic mass is 9.87. The predicted molar refractivity (Wildman–Crippen MR) is 117 cm³/mol. The van der Waals surface area contributed by atoms with Crippen LogP contribution in [0.25, 0.3) is 0 Å². The van der Waals surface area contributed by atoms with Gasteiger partial charge in [0.05, 0.1) is 25.3 Å². The van der Waals surface area contributed by atoms with Gasteiger partial charge in [0.1, 0.15) is 30.4 Å². The highest BCUT2D eigenvalue weighted by atomic mass is 16.5. The van der Waals surface area contributed by atoms with Gasteiger partial charge in [0.2, 0.25) is 5.91 Å². The Morgan fingerprint density at radius 3 is 2.47 bits per heavy atom. The summed E-state index contributed by atoms with van der Waals surface area (Å²) in [6.07, 6.45) is 6.59. The standard InChI is InChI=1S/C24H36N4O2/c1-5-7-9-21-20-17-30-24(3,4)15-18(20)19(16-25)23(26-21)28-13-11-27(12-14-28)22(29)10-8-6-2/h5-15,17H2,1-4H3/p+1. The Hall–Kier alpha value is -2.13. The highest BCUT2D eigenvalue weighted by Crippen LogP contribution is 2.34. The minimum absolute atomic E-state index is 0.258. The number of hydrogen-bond acceptors (Lipinski definition) is 4. The SMILES string of the molecule is CCCCC(=O)N1CCN(c2[nH+]c(CCCC)c3c(c2C#N)CC(C)(C)OC3)CC1. The van der Waals surface area contributed by atoms with Gasteiger partial charge in [-0.15, -0.1) is 0 Å². The maximum atomic E-state index is 12.4. The van der Waals surface area contributed by atoms with E-state index in [1.54, 1.807) is 0 Å². The fourth-order valence-electron chi connectivity index (χ4n) is 4.46. The molecule has 0 aromatic carbocycles. The molecule has 0 saturated carbocycles. The van der Waals surface area contributed by atoms with Crippen molar-refractivity contribution in [1.82, 2.24) is 4.90 Å². The minimum atomic E-state index is -0.260. The van der Waals surface area contributed by atoms with Crippen LogP contribution in [0.1, 0.15) is 82.2 Å². The van der Waals surface area contributed by atoms with Crippen molar-refractivity contribution in [2.24, 2.45) is 0 Å². The summed E-state index contributed by atoms with van der Waals surface area (Å²) in [5, 5.41) is 10.1. The van der Waals surface area contributed by atoms with Crippen LogP contribution in [0, 0.1) is 11.3 Å². The molecule has 1 aromatic rings. The number of unbranched alkanes of at least 4 members (excludes halogenated alkanes) is 2. The molecule has 1 amide bonds. The van der Waals surface area contributed by atoms with Crippen LogP contribution in [0.4, 0.5) is 5.82 Å². The first kappa shape index (κ1) is 22.6. The first-order chi connectivity index (χ1) is 14.4. The van der Waals surface area contributed by atoms with Crippen molar-refractivity contribution in [3.05, 3.63) is 22.4 Å². The van der Waals surface area contributed by atoms with Gasteiger partial charge in [-0.05, 0) is 32.3 Å². The molecule has 164 valence electrons. The number of aromatic amines is 1. The molecule has 30 heavy (non-hydrogen) atoms. The van der Waals surface area contributed by atoms with Crippen LogP contribution in [0.2, 0.25) is 0 Å². The molecule has 6 heteroatoms. The zero-order valence-corrected chi connectivity index (χ0v) is 19.1. The molecule has 6 nitrogen and oxygen atoms in total. The fraction of sp³-hybridized carbons (Fsp3) is 0.708. The Morgan fingerprint density at radius 2 is 1.83 bits per heavy atom. The maximum Gasteiger partial charge on any atom is 0.293 e. The van der Waals surface area contributed by atoms with Gasteiger partial charge in [-0.25, -0.2) is 4.98 Å². The zero-order valence-electron chi connectivity index (χ0n) is 19.1. The molecule has 0 atom stereocenters. The van der Waals surface area contributed by atoms with Crippen LogP contribution in [0.5, 0.6) is 0 Å². The number of nitriles is 1. The van der Waals surface area contributed by atoms with Gasteiger partial charge < -0.3 is 9.64 Å². The van der Waals surface area contributed by atoms with Crippen LogP contribution >= 0.6 is 0 Å². The van der Waals surface area contributed by atoms with Crippen molar-refractivity contribution in [3.63, 3.8) is 0 Å². The van der Waals surface area contributed by atoms with Gasteiger partial charge in [-0.2, -0.15) is 5.26 Å². The highest BCUT2D eigenvalue weighted by molar-refractivity contribution is 5.76. The number of rotatable bonds is 7. The zero-order chi connectivity index (χ0) is 21.7. The molecule has 1 aromatic heterocycles. The molecule has 0 aliphatic carbocycles. The van der Waals surface area contributed by atoms with Crippen molar-refractivity contribution < 1.29 is 14.5 Å². The first-order valence-electron chi connectivity index (χ1n) is 11.6. The van der Waals surface area contributed by atoms with Crippen molar-refractivity contribution in [3.8, 4) is 6.07 Å². The summed E-state index contributed by atoms with van der Waals surface area (Å²) in [5.41, 5.74) is 4.03. The number of carbonyl (C=O) groups is 1. The molecule has 3 heterocycles. The average molecular weight is 414 g/mol. The molecular formula is C24H37N4O2+. The van der Waals surface area contributed by atoms with Crippen LogP contribution < -0.4 is 9.88 Å². The summed E-state index contributed by atoms with van der Waals surface area (Å²) in [7, 11) is 0. The normalized spacial score (nSPS) is 18.1. The van der Waals surface area contributed by atoms with E-state index in [4.69, 9.17) is 4.74 Å². The Morgan fingerprint density at radius 1 is 1.13 bits per heavy atom. The second-order valence-electron chi connectivity index (χ2n) is 9.20. The maximum absolute atomic E-state index is 12.4. The van der Waals surface area contributed by atoms with E-state index in [9.17, 15) is 10.1 Å². The van der Waals surface area contributed by atoms with E-state index in [0.717, 1.165) is 81.6 Å². The third-order valence-corrected chi connectivity index (χ3v) is 6.33. The second-order valence-corrected chi connectivity index (χ2v) is 9.20. The summed E-state index contributed by atoms with van der Waals surface area (Å²) in [6.45, 7) is 12.0. The number of aromatic nitrogens is 1. The van der Waals surface area contributed by atoms with Crippen molar-refractivity contribution in [2.45, 2.75) is 84.8 Å². The van der Waals surface area contributed by atoms with E-state index in [1.165, 1.54) is 11.3 Å². The first-order valence-corrected chi connectivity index (χ1v) is 11.6. The van der Waals surface area contributed by atoms with E-state index in [1.807, 2.05) is 4.90 Å². The molecule has 2 aliphatic heterocycles. The van der Waals surface area contributed by atoms with E-state index in [-0.39, 0.29) is 11.5 Å². The third-order valence-electron chi connectivity index (χ3n) is 6.33. The Kier molecular flexibility index (Phi) is 7.36. The number of carbonyl (C=O) groups excluding carboxylic acids is 1. The van der Waals surface area contributed by atoms with E-state index >= 15 is 0 Å². The Bertz CT molecular complexity index is 804. The number of fused-ring (bicyclic) bond motifs is 1. The molecule has 0 bridgehead atoms. The van der Waals surface area contributed by atoms with Gasteiger partial charge in [-0.1, -0.05) is 26.7 Å². The van der Waals surface area contributed by atoms with Crippen LogP contribution in [0.15, 0.2) is 0 Å². The quantitative estimate of drug-likeness (QED) is 0.687. The van der Waals surface area contributed by atoms with Crippen LogP contribution in [0.3, 0.4) is 0 Å². The van der Waals surface area contributed by atoms with Crippen LogP contribution in [-0.2, 0) is 29.0 Å². The molecule has 2 aliphatic rings. The highest BCUT2D eigenvalue weighted by Gasteiger charge is 2.36. The molecule has 1 N–H and O–H groups in total. The smallest absolute Gasteiger partial charge is 0.293 e. The second kappa shape index (κ2) is 9.78. The van der Waals surface area contributed by atoms with E-state index in [2.05, 4.69) is 43.6 Å². The molecule has 0 unspecified atom stereocenters. The molecular weight excluding hydrogens is 376 g/mol. The van der Waals surface area contributed by atoms with E-state index < -0.39 is 0 Å². The average Bonchev–Trinajstić information content (AvgIpc) is 2.74. The molecule has 3 rings (SSSR count). The number of hydrogen-bond donors (Lipinski definition) is 0. The number of H-pyrrole nitrogens is 1. The number of pyridine rings is 1. The Balaban J connectivity index is 1.88. The molecule has 1 saturated heterocycles. The molecule has 0 spiro atoms. The molecule has 0 radical (unpaired) electrons. The number of amides is 1. The number of nitrogens with zero attached hydrogens (tertiary/aromatic N) is 3. The van der Waals surface area contributed by atoms with Gasteiger partial charge >= 0.3 is 0 Å². The van der Waals surface area contributed by atoms with Crippen molar-refractivity contribution in [1.29, 1.82) is 5.26 Å². The third kappa shape index (κ3) is 4.95. The van der Waals surface area contributed by atoms with Gasteiger partial charge in [0, 0.05) is 24.8 Å². The summed E-state index contributed by atoms with van der Waals surface area (Å²) >= 11 is 0. The lowest BCUT2D eigenvalue weighted by Gasteiger charge is -2.35. The number of nitrogens with one attached hydrogen (secondary N) is 1. The lowest BCUT2D eigenvalue weighted by molar-refractivity contribution is -0.379. The number of piperazine rings is 1. The predicted octanol–water partition coefficient (Wildman–Crippen LogP) is 3.41. The largest absolute Gasteiger partial charge is 0.370 e. The van der Waals surface area contributed by atoms with Crippen molar-refractivity contribution in [2.75, 3.05) is 31.1 Å². The number of ether oxygens (including phenoxy) is 1. The summed E-state index contributed by atoms with van der Waals surface area (Å²) < 4.78 is 6.08. The van der Waals surface area contributed by atoms with Gasteiger partial charge in [0.15, 0.2) is 0 Å². The topological polar surface area (TPSA) is 70.7 Å². The molecule has 1 fully saturated rings. The summed E-state index contributed by atoms with van der Waals surface area (Å²) in [5.74, 6) is 1.19. The summed E-state index contributed by atoms with van der Waals surface area (Å²) in [6, 6.07) is 2.49. The minimum Gasteiger partial charge on any atom is -0.370 e. The van der Waals surface area contributed by atoms with Crippen molar-refractivity contribution >= 4 is 11.7 Å². The number of anilines is 1. The monoisotopic (exact) mass is 413 g/mol. The number of aryl methyl sites for hydroxylation is 1. The van der Waals surface area contributed by atoms with Crippen LogP contribution in [-0.4, -0.2) is 42.6 Å². The van der Waals surface area contributed by atoms with E-state index in [0.29, 0.717) is 13.0 Å². The summed E-state index contributed by atoms with van der Waals surface area (Å²) in [4.78, 5) is 20.3. The fourth-order valence-corrected chi connectivity index (χ4v) is 4.46. The Labute approximate surface area is 181 Å². The van der Waals surface area contributed by atoms with Gasteiger partial charge in [-0.3, -0.25) is 9.69 Å².